The van der Waals surface area contributed by atoms with Crippen LogP contribution < -0.4 is 15.5 Å². The van der Waals surface area contributed by atoms with Crippen molar-refractivity contribution in [2.24, 2.45) is 5.10 Å². The number of hydrogen-bond donors (Lipinski definition) is 2. The molecule has 0 saturated carbocycles. The van der Waals surface area contributed by atoms with Gasteiger partial charge in [0, 0.05) is 33.0 Å². The molecule has 0 unspecified atom stereocenters. The third-order valence-electron chi connectivity index (χ3n) is 5.85. The van der Waals surface area contributed by atoms with Gasteiger partial charge in [-0.15, -0.1) is 11.3 Å². The zero-order valence-electron chi connectivity index (χ0n) is 21.4. The van der Waals surface area contributed by atoms with E-state index in [1.807, 2.05) is 54.6 Å². The molecule has 0 bridgehead atoms. The van der Waals surface area contributed by atoms with Crippen LogP contribution >= 0.6 is 22.9 Å². The van der Waals surface area contributed by atoms with Crippen LogP contribution in [0.2, 0.25) is 5.02 Å². The smallest absolute Gasteiger partial charge is 0.355 e. The van der Waals surface area contributed by atoms with Crippen LogP contribution in [-0.4, -0.2) is 24.0 Å². The number of halogens is 1. The Morgan fingerprint density at radius 3 is 2.32 bits per heavy atom. The number of ether oxygens (including phenoxy) is 1. The second-order valence-electron chi connectivity index (χ2n) is 8.68. The standard InChI is InChI=1S/C32H22ClN3O4S/c33-29-25-11-5-7-13-27(25)41-30(29)32(39)40-26-12-6-4-10-23(26)20-34-36-31(38)22-15-17-24(18-16-22)35-28(37)19-14-21-8-2-1-3-9-21/h1-20H,(H,35,37)(H,36,38)/b19-14+,34-20-. The molecule has 41 heavy (non-hydrogen) atoms. The van der Waals surface area contributed by atoms with E-state index in [2.05, 4.69) is 15.8 Å². The van der Waals surface area contributed by atoms with Crippen molar-refractivity contribution < 1.29 is 19.1 Å². The Bertz CT molecular complexity index is 1780. The van der Waals surface area contributed by atoms with E-state index in [4.69, 9.17) is 16.3 Å². The highest BCUT2D eigenvalue weighted by molar-refractivity contribution is 7.21. The molecule has 0 atom stereocenters. The lowest BCUT2D eigenvalue weighted by Crippen LogP contribution is -2.18. The summed E-state index contributed by atoms with van der Waals surface area (Å²) in [5.74, 6) is -1.05. The van der Waals surface area contributed by atoms with Crippen molar-refractivity contribution in [3.8, 4) is 5.75 Å². The lowest BCUT2D eigenvalue weighted by atomic mass is 10.2. The lowest BCUT2D eigenvalue weighted by Gasteiger charge is -2.07. The largest absolute Gasteiger partial charge is 0.422 e. The van der Waals surface area contributed by atoms with Gasteiger partial charge in [-0.1, -0.05) is 72.3 Å². The maximum absolute atomic E-state index is 12.9. The number of esters is 1. The molecule has 7 nitrogen and oxygen atoms in total. The molecule has 0 aliphatic rings. The Morgan fingerprint density at radius 2 is 1.54 bits per heavy atom. The lowest BCUT2D eigenvalue weighted by molar-refractivity contribution is -0.111. The number of rotatable bonds is 8. The zero-order valence-corrected chi connectivity index (χ0v) is 23.0. The molecule has 5 aromatic rings. The molecule has 2 amide bonds. The van der Waals surface area contributed by atoms with E-state index in [9.17, 15) is 14.4 Å². The predicted molar refractivity (Wildman–Crippen MR) is 164 cm³/mol. The molecule has 202 valence electrons. The van der Waals surface area contributed by atoms with Gasteiger partial charge in [-0.25, -0.2) is 10.2 Å². The molecule has 0 saturated heterocycles. The number of para-hydroxylation sites is 1. The summed E-state index contributed by atoms with van der Waals surface area (Å²) in [5, 5.41) is 7.91. The first-order chi connectivity index (χ1) is 20.0. The number of benzene rings is 4. The Morgan fingerprint density at radius 1 is 0.829 bits per heavy atom. The molecular formula is C32H22ClN3O4S. The molecule has 0 spiro atoms. The van der Waals surface area contributed by atoms with Gasteiger partial charge >= 0.3 is 5.97 Å². The number of fused-ring (bicyclic) bond motifs is 1. The molecule has 0 aliphatic carbocycles. The first-order valence-electron chi connectivity index (χ1n) is 12.4. The summed E-state index contributed by atoms with van der Waals surface area (Å²) in [6.45, 7) is 0. The Kier molecular flexibility index (Phi) is 8.64. The Balaban J connectivity index is 1.18. The van der Waals surface area contributed by atoms with Crippen molar-refractivity contribution in [2.75, 3.05) is 5.32 Å². The average Bonchev–Trinajstić information content (AvgIpc) is 3.34. The van der Waals surface area contributed by atoms with Crippen LogP contribution in [-0.2, 0) is 4.79 Å². The Hall–Kier alpha value is -5.05. The highest BCUT2D eigenvalue weighted by Gasteiger charge is 2.19. The van der Waals surface area contributed by atoms with E-state index in [1.54, 1.807) is 54.6 Å². The van der Waals surface area contributed by atoms with Crippen molar-refractivity contribution in [1.29, 1.82) is 0 Å². The van der Waals surface area contributed by atoms with Gasteiger partial charge in [0.05, 0.1) is 11.2 Å². The topological polar surface area (TPSA) is 96.9 Å². The van der Waals surface area contributed by atoms with Gasteiger partial charge in [-0.2, -0.15) is 5.10 Å². The molecule has 1 heterocycles. The first-order valence-corrected chi connectivity index (χ1v) is 13.6. The molecule has 0 radical (unpaired) electrons. The Labute approximate surface area is 244 Å². The molecule has 1 aromatic heterocycles. The molecule has 0 fully saturated rings. The fraction of sp³-hybridized carbons (Fsp3) is 0. The van der Waals surface area contributed by atoms with Crippen molar-refractivity contribution in [3.05, 3.63) is 136 Å². The fourth-order valence-corrected chi connectivity index (χ4v) is 5.21. The summed E-state index contributed by atoms with van der Waals surface area (Å²) in [4.78, 5) is 37.9. The summed E-state index contributed by atoms with van der Waals surface area (Å²) in [7, 11) is 0. The second kappa shape index (κ2) is 12.9. The molecule has 4 aromatic carbocycles. The van der Waals surface area contributed by atoms with Gasteiger partial charge in [0.25, 0.3) is 5.91 Å². The highest BCUT2D eigenvalue weighted by atomic mass is 35.5. The van der Waals surface area contributed by atoms with E-state index in [0.29, 0.717) is 26.7 Å². The van der Waals surface area contributed by atoms with Gasteiger partial charge < -0.3 is 10.1 Å². The normalized spacial score (nSPS) is 11.1. The van der Waals surface area contributed by atoms with Crippen LogP contribution in [0.4, 0.5) is 5.69 Å². The fourth-order valence-electron chi connectivity index (χ4n) is 3.82. The maximum Gasteiger partial charge on any atom is 0.355 e. The number of carbonyl (C=O) groups is 3. The quantitative estimate of drug-likeness (QED) is 0.0668. The number of thiophene rings is 1. The van der Waals surface area contributed by atoms with Gasteiger partial charge in [-0.3, -0.25) is 9.59 Å². The number of hydrogen-bond acceptors (Lipinski definition) is 6. The first kappa shape index (κ1) is 27.5. The number of carbonyl (C=O) groups excluding carboxylic acids is 3. The van der Waals surface area contributed by atoms with Crippen LogP contribution in [0.5, 0.6) is 5.75 Å². The average molecular weight is 580 g/mol. The molecule has 0 aliphatic heterocycles. The third kappa shape index (κ3) is 6.94. The maximum atomic E-state index is 12.9. The van der Waals surface area contributed by atoms with E-state index in [-0.39, 0.29) is 11.7 Å². The number of nitrogens with zero attached hydrogens (tertiary/aromatic N) is 1. The molecule has 9 heteroatoms. The van der Waals surface area contributed by atoms with E-state index >= 15 is 0 Å². The summed E-state index contributed by atoms with van der Waals surface area (Å²) in [6.07, 6.45) is 4.55. The van der Waals surface area contributed by atoms with E-state index in [0.717, 1.165) is 15.6 Å². The number of hydrazone groups is 1. The highest BCUT2D eigenvalue weighted by Crippen LogP contribution is 2.36. The molecule has 5 rings (SSSR count). The van der Waals surface area contributed by atoms with Gasteiger partial charge in [0.15, 0.2) is 0 Å². The van der Waals surface area contributed by atoms with Crippen LogP contribution in [0.3, 0.4) is 0 Å². The summed E-state index contributed by atoms with van der Waals surface area (Å²) in [5.41, 5.74) is 4.75. The summed E-state index contributed by atoms with van der Waals surface area (Å²) >= 11 is 7.68. The van der Waals surface area contributed by atoms with Gasteiger partial charge in [0.1, 0.15) is 10.6 Å². The third-order valence-corrected chi connectivity index (χ3v) is 7.51. The van der Waals surface area contributed by atoms with Gasteiger partial charge in [-0.05, 0) is 54.1 Å². The molecule has 2 N–H and O–H groups in total. The SMILES string of the molecule is O=C(/C=C/c1ccccc1)Nc1ccc(C(=O)N/N=C\c2ccccc2OC(=O)c2sc3ccccc3c2Cl)cc1. The monoisotopic (exact) mass is 579 g/mol. The minimum absolute atomic E-state index is 0.269. The van der Waals surface area contributed by atoms with Crippen molar-refractivity contribution >= 4 is 68.8 Å². The van der Waals surface area contributed by atoms with E-state index in [1.165, 1.54) is 23.6 Å². The van der Waals surface area contributed by atoms with Crippen LogP contribution in [0.15, 0.2) is 114 Å². The van der Waals surface area contributed by atoms with Crippen molar-refractivity contribution in [3.63, 3.8) is 0 Å². The van der Waals surface area contributed by atoms with Crippen molar-refractivity contribution in [2.45, 2.75) is 0 Å². The minimum Gasteiger partial charge on any atom is -0.422 e. The zero-order chi connectivity index (χ0) is 28.6. The summed E-state index contributed by atoms with van der Waals surface area (Å²) < 4.78 is 6.50. The van der Waals surface area contributed by atoms with Crippen molar-refractivity contribution in [1.82, 2.24) is 5.43 Å². The van der Waals surface area contributed by atoms with Gasteiger partial charge in [0.2, 0.25) is 5.91 Å². The van der Waals surface area contributed by atoms with Crippen LogP contribution in [0.25, 0.3) is 16.2 Å². The number of amides is 2. The summed E-state index contributed by atoms with van der Waals surface area (Å²) in [6, 6.07) is 30.2. The van der Waals surface area contributed by atoms with Crippen LogP contribution in [0.1, 0.15) is 31.2 Å². The minimum atomic E-state index is -0.580. The van der Waals surface area contributed by atoms with Crippen LogP contribution in [0, 0.1) is 0 Å². The number of anilines is 1. The number of nitrogens with one attached hydrogen (secondary N) is 2. The molecular weight excluding hydrogens is 558 g/mol. The van der Waals surface area contributed by atoms with E-state index < -0.39 is 11.9 Å². The second-order valence-corrected chi connectivity index (χ2v) is 10.1. The predicted octanol–water partition coefficient (Wildman–Crippen LogP) is 7.19.